The highest BCUT2D eigenvalue weighted by Crippen LogP contribution is 2.35. The summed E-state index contributed by atoms with van der Waals surface area (Å²) in [5, 5.41) is 0. The highest BCUT2D eigenvalue weighted by atomic mass is 16.5. The molecule has 0 aliphatic carbocycles. The van der Waals surface area contributed by atoms with Gasteiger partial charge in [-0.05, 0) is 61.1 Å². The van der Waals surface area contributed by atoms with Gasteiger partial charge in [-0.25, -0.2) is 14.5 Å². The summed E-state index contributed by atoms with van der Waals surface area (Å²) in [6.07, 6.45) is 7.46. The van der Waals surface area contributed by atoms with Crippen molar-refractivity contribution in [2.45, 2.75) is 79.1 Å². The standard InChI is InChI=1S/C35H41N3O4/c1-6-13-27-20-25(21-28(14-7-2)34(27)42-31-17-10-9-16-26(31)23-33(39)41-5)22-29-30(15-8-3)37-24(4)38(35(29)40)32-18-11-12-19-36-32/h9-12,16-21H,6-8,13-15,22-23H2,1-5H3. The fourth-order valence-electron chi connectivity index (χ4n) is 5.36. The third kappa shape index (κ3) is 7.14. The molecule has 42 heavy (non-hydrogen) atoms. The van der Waals surface area contributed by atoms with E-state index in [0.29, 0.717) is 29.4 Å². The maximum atomic E-state index is 14.0. The van der Waals surface area contributed by atoms with Crippen molar-refractivity contribution < 1.29 is 14.3 Å². The van der Waals surface area contributed by atoms with Crippen molar-refractivity contribution in [2.75, 3.05) is 7.11 Å². The zero-order chi connectivity index (χ0) is 30.1. The number of hydrogen-bond acceptors (Lipinski definition) is 6. The number of hydrogen-bond donors (Lipinski definition) is 0. The lowest BCUT2D eigenvalue weighted by Gasteiger charge is -2.20. The molecule has 0 radical (unpaired) electrons. The number of pyridine rings is 1. The molecule has 0 aliphatic rings. The van der Waals surface area contributed by atoms with Crippen LogP contribution in [-0.4, -0.2) is 27.6 Å². The van der Waals surface area contributed by atoms with Gasteiger partial charge in [-0.2, -0.15) is 0 Å². The normalized spacial score (nSPS) is 11.0. The molecule has 0 aliphatic heterocycles. The molecule has 0 amide bonds. The van der Waals surface area contributed by atoms with Gasteiger partial charge in [0.2, 0.25) is 0 Å². The number of carbonyl (C=O) groups is 1. The third-order valence-electron chi connectivity index (χ3n) is 7.26. The molecule has 0 atom stereocenters. The van der Waals surface area contributed by atoms with Crippen molar-refractivity contribution in [3.05, 3.63) is 110 Å². The van der Waals surface area contributed by atoms with Crippen LogP contribution < -0.4 is 10.3 Å². The minimum Gasteiger partial charge on any atom is -0.469 e. The number of ether oxygens (including phenoxy) is 2. The minimum absolute atomic E-state index is 0.0733. The molecule has 0 saturated carbocycles. The molecule has 0 fully saturated rings. The number of benzene rings is 2. The highest BCUT2D eigenvalue weighted by molar-refractivity contribution is 5.73. The summed E-state index contributed by atoms with van der Waals surface area (Å²) >= 11 is 0. The van der Waals surface area contributed by atoms with Crippen LogP contribution in [0.15, 0.2) is 65.6 Å². The molecule has 4 aromatic rings. The molecule has 2 aromatic carbocycles. The van der Waals surface area contributed by atoms with Gasteiger partial charge in [0.15, 0.2) is 0 Å². The molecule has 0 spiro atoms. The first-order valence-electron chi connectivity index (χ1n) is 14.9. The van der Waals surface area contributed by atoms with Crippen molar-refractivity contribution in [3.8, 4) is 17.3 Å². The predicted molar refractivity (Wildman–Crippen MR) is 166 cm³/mol. The Kier molecular flexibility index (Phi) is 10.7. The number of aryl methyl sites for hydroxylation is 4. The van der Waals surface area contributed by atoms with Crippen molar-refractivity contribution in [1.29, 1.82) is 0 Å². The van der Waals surface area contributed by atoms with E-state index in [4.69, 9.17) is 14.5 Å². The molecule has 0 unspecified atom stereocenters. The summed E-state index contributed by atoms with van der Waals surface area (Å²) in [6, 6.07) is 17.5. The second-order valence-electron chi connectivity index (χ2n) is 10.5. The monoisotopic (exact) mass is 567 g/mol. The van der Waals surface area contributed by atoms with Gasteiger partial charge in [0.25, 0.3) is 5.56 Å². The quantitative estimate of drug-likeness (QED) is 0.164. The van der Waals surface area contributed by atoms with Crippen LogP contribution in [0.2, 0.25) is 0 Å². The van der Waals surface area contributed by atoms with Gasteiger partial charge in [0.1, 0.15) is 23.1 Å². The number of carbonyl (C=O) groups excluding carboxylic acids is 1. The van der Waals surface area contributed by atoms with Crippen LogP contribution in [0.1, 0.15) is 79.4 Å². The van der Waals surface area contributed by atoms with Crippen molar-refractivity contribution in [3.63, 3.8) is 0 Å². The van der Waals surface area contributed by atoms with Gasteiger partial charge in [-0.1, -0.05) is 76.4 Å². The molecule has 0 N–H and O–H groups in total. The molecule has 2 aromatic heterocycles. The van der Waals surface area contributed by atoms with Crippen LogP contribution in [0.25, 0.3) is 5.82 Å². The summed E-state index contributed by atoms with van der Waals surface area (Å²) < 4.78 is 13.1. The van der Waals surface area contributed by atoms with Gasteiger partial charge in [0, 0.05) is 23.7 Å². The summed E-state index contributed by atoms with van der Waals surface area (Å²) in [5.41, 5.74) is 5.50. The topological polar surface area (TPSA) is 83.3 Å². The van der Waals surface area contributed by atoms with Gasteiger partial charge in [0.05, 0.1) is 19.2 Å². The molecule has 0 saturated heterocycles. The Bertz CT molecular complexity index is 1550. The zero-order valence-electron chi connectivity index (χ0n) is 25.4. The van der Waals surface area contributed by atoms with Gasteiger partial charge >= 0.3 is 5.97 Å². The van der Waals surface area contributed by atoms with Crippen molar-refractivity contribution >= 4 is 5.97 Å². The highest BCUT2D eigenvalue weighted by Gasteiger charge is 2.20. The van der Waals surface area contributed by atoms with Gasteiger partial charge < -0.3 is 9.47 Å². The second kappa shape index (κ2) is 14.6. The lowest BCUT2D eigenvalue weighted by molar-refractivity contribution is -0.139. The zero-order valence-corrected chi connectivity index (χ0v) is 25.4. The van der Waals surface area contributed by atoms with Crippen LogP contribution in [0.3, 0.4) is 0 Å². The van der Waals surface area contributed by atoms with E-state index < -0.39 is 0 Å². The fraction of sp³-hybridized carbons (Fsp3) is 0.371. The number of nitrogens with zero attached hydrogens (tertiary/aromatic N) is 3. The summed E-state index contributed by atoms with van der Waals surface area (Å²) in [5.74, 6) is 2.39. The first-order chi connectivity index (χ1) is 20.4. The molecule has 220 valence electrons. The number of aromatic nitrogens is 3. The Morgan fingerprint density at radius 3 is 2.17 bits per heavy atom. The minimum atomic E-state index is -0.310. The van der Waals surface area contributed by atoms with E-state index in [1.807, 2.05) is 49.4 Å². The van der Waals surface area contributed by atoms with Crippen LogP contribution >= 0.6 is 0 Å². The first-order valence-corrected chi connectivity index (χ1v) is 14.9. The Morgan fingerprint density at radius 1 is 0.881 bits per heavy atom. The molecular formula is C35H41N3O4. The van der Waals surface area contributed by atoms with Crippen molar-refractivity contribution in [1.82, 2.24) is 14.5 Å². The van der Waals surface area contributed by atoms with E-state index >= 15 is 0 Å². The van der Waals surface area contributed by atoms with Crippen molar-refractivity contribution in [2.24, 2.45) is 0 Å². The molecule has 7 nitrogen and oxygen atoms in total. The van der Waals surface area contributed by atoms with Crippen LogP contribution in [-0.2, 0) is 41.6 Å². The molecular weight excluding hydrogens is 526 g/mol. The van der Waals surface area contributed by atoms with Crippen LogP contribution in [0, 0.1) is 6.92 Å². The van der Waals surface area contributed by atoms with Gasteiger partial charge in [-0.15, -0.1) is 0 Å². The first kappa shape index (κ1) is 30.7. The summed E-state index contributed by atoms with van der Waals surface area (Å²) in [4.78, 5) is 35.4. The van der Waals surface area contributed by atoms with Crippen LogP contribution in [0.4, 0.5) is 0 Å². The van der Waals surface area contributed by atoms with E-state index in [2.05, 4.69) is 37.9 Å². The molecule has 4 rings (SSSR count). The average Bonchev–Trinajstić information content (AvgIpc) is 2.98. The third-order valence-corrected chi connectivity index (χ3v) is 7.26. The maximum absolute atomic E-state index is 14.0. The fourth-order valence-corrected chi connectivity index (χ4v) is 5.36. The molecule has 7 heteroatoms. The average molecular weight is 568 g/mol. The molecule has 2 heterocycles. The Labute approximate surface area is 248 Å². The predicted octanol–water partition coefficient (Wildman–Crippen LogP) is 6.89. The number of rotatable bonds is 13. The Hall–Kier alpha value is -4.26. The van der Waals surface area contributed by atoms with E-state index in [1.54, 1.807) is 10.8 Å². The van der Waals surface area contributed by atoms with E-state index in [9.17, 15) is 9.59 Å². The number of para-hydroxylation sites is 1. The Balaban J connectivity index is 1.81. The van der Waals surface area contributed by atoms with Gasteiger partial charge in [-0.3, -0.25) is 9.59 Å². The van der Waals surface area contributed by atoms with E-state index in [-0.39, 0.29) is 17.9 Å². The summed E-state index contributed by atoms with van der Waals surface area (Å²) in [7, 11) is 1.39. The largest absolute Gasteiger partial charge is 0.469 e. The Morgan fingerprint density at radius 2 is 1.55 bits per heavy atom. The second-order valence-corrected chi connectivity index (χ2v) is 10.5. The lowest BCUT2D eigenvalue weighted by atomic mass is 9.94. The number of esters is 1. The lowest BCUT2D eigenvalue weighted by Crippen LogP contribution is -2.29. The molecule has 0 bridgehead atoms. The number of methoxy groups -OCH3 is 1. The maximum Gasteiger partial charge on any atom is 0.310 e. The van der Waals surface area contributed by atoms with E-state index in [1.165, 1.54) is 7.11 Å². The summed E-state index contributed by atoms with van der Waals surface area (Å²) in [6.45, 7) is 8.27. The van der Waals surface area contributed by atoms with E-state index in [0.717, 1.165) is 72.2 Å². The SMILES string of the molecule is CCCc1cc(Cc2c(CCC)nc(C)n(-c3ccccn3)c2=O)cc(CCC)c1Oc1ccccc1CC(=O)OC. The van der Waals surface area contributed by atoms with Crippen LogP contribution in [0.5, 0.6) is 11.5 Å². The smallest absolute Gasteiger partial charge is 0.310 e.